The number of hydrogen-bond donors (Lipinski definition) is 2. The van der Waals surface area contributed by atoms with Crippen LogP contribution in [-0.4, -0.2) is 18.4 Å². The predicted molar refractivity (Wildman–Crippen MR) is 80.7 cm³/mol. The molecule has 0 saturated heterocycles. The number of nitrogens with one attached hydrogen (secondary N) is 2. The Morgan fingerprint density at radius 1 is 1.38 bits per heavy atom. The van der Waals surface area contributed by atoms with E-state index in [4.69, 9.17) is 16.3 Å². The molecule has 1 atom stereocenters. The van der Waals surface area contributed by atoms with E-state index in [0.29, 0.717) is 22.1 Å². The van der Waals surface area contributed by atoms with Crippen LogP contribution < -0.4 is 15.4 Å². The third kappa shape index (κ3) is 3.03. The molecule has 6 heteroatoms. The van der Waals surface area contributed by atoms with Gasteiger partial charge in [0.15, 0.2) is 6.61 Å². The van der Waals surface area contributed by atoms with Crippen LogP contribution >= 0.6 is 11.6 Å². The van der Waals surface area contributed by atoms with Crippen molar-refractivity contribution in [1.29, 1.82) is 0 Å². The fourth-order valence-corrected chi connectivity index (χ4v) is 2.67. The largest absolute Gasteiger partial charge is 0.482 e. The van der Waals surface area contributed by atoms with Crippen molar-refractivity contribution in [1.82, 2.24) is 0 Å². The lowest BCUT2D eigenvalue weighted by Gasteiger charge is -2.21. The van der Waals surface area contributed by atoms with E-state index in [2.05, 4.69) is 16.7 Å². The maximum Gasteiger partial charge on any atom is 0.262 e. The minimum absolute atomic E-state index is 0.0253. The van der Waals surface area contributed by atoms with E-state index in [0.717, 1.165) is 19.3 Å². The summed E-state index contributed by atoms with van der Waals surface area (Å²) >= 11 is 6.16. The number of rotatable bonds is 2. The molecule has 0 spiro atoms. The first-order valence-electron chi connectivity index (χ1n) is 6.85. The molecule has 1 aromatic carbocycles. The van der Waals surface area contributed by atoms with Crippen molar-refractivity contribution < 1.29 is 14.3 Å². The highest BCUT2D eigenvalue weighted by Gasteiger charge is 2.22. The molecule has 0 bridgehead atoms. The van der Waals surface area contributed by atoms with Crippen molar-refractivity contribution in [3.63, 3.8) is 0 Å². The number of benzene rings is 1. The lowest BCUT2D eigenvalue weighted by atomic mass is 9.93. The molecule has 1 aromatic rings. The molecule has 1 aliphatic carbocycles. The predicted octanol–water partition coefficient (Wildman–Crippen LogP) is 2.97. The molecule has 2 N–H and O–H groups in total. The summed E-state index contributed by atoms with van der Waals surface area (Å²) < 4.78 is 5.33. The van der Waals surface area contributed by atoms with Crippen LogP contribution in [0.2, 0.25) is 5.02 Å². The zero-order valence-corrected chi connectivity index (χ0v) is 12.1. The van der Waals surface area contributed by atoms with Gasteiger partial charge in [0.1, 0.15) is 5.75 Å². The van der Waals surface area contributed by atoms with Crippen molar-refractivity contribution in [2.75, 3.05) is 17.2 Å². The Morgan fingerprint density at radius 2 is 2.24 bits per heavy atom. The molecule has 0 fully saturated rings. The summed E-state index contributed by atoms with van der Waals surface area (Å²) in [7, 11) is 0. The summed E-state index contributed by atoms with van der Waals surface area (Å²) in [5.74, 6) is 0.228. The van der Waals surface area contributed by atoms with Crippen LogP contribution in [0.15, 0.2) is 24.3 Å². The fourth-order valence-electron chi connectivity index (χ4n) is 2.46. The second-order valence-electron chi connectivity index (χ2n) is 5.14. The molecule has 3 rings (SSSR count). The molecule has 2 amide bonds. The number of carbonyl (C=O) groups is 2. The lowest BCUT2D eigenvalue weighted by Crippen LogP contribution is -2.26. The van der Waals surface area contributed by atoms with Crippen molar-refractivity contribution in [2.24, 2.45) is 5.92 Å². The quantitative estimate of drug-likeness (QED) is 0.825. The number of ether oxygens (including phenoxy) is 1. The van der Waals surface area contributed by atoms with E-state index < -0.39 is 0 Å². The van der Waals surface area contributed by atoms with Gasteiger partial charge in [-0.25, -0.2) is 0 Å². The number of carbonyl (C=O) groups excluding carboxylic acids is 2. The van der Waals surface area contributed by atoms with Crippen LogP contribution in [0, 0.1) is 5.92 Å². The molecule has 1 heterocycles. The monoisotopic (exact) mass is 306 g/mol. The standard InChI is InChI=1S/C15H15ClN2O3/c16-10-6-12-13(21-8-14(19)17-12)7-11(10)18-15(20)9-4-2-1-3-5-9/h1-2,6-7,9H,3-5,8H2,(H,17,19)(H,18,20). The van der Waals surface area contributed by atoms with E-state index in [9.17, 15) is 9.59 Å². The lowest BCUT2D eigenvalue weighted by molar-refractivity contribution is -0.120. The molecule has 21 heavy (non-hydrogen) atoms. The van der Waals surface area contributed by atoms with E-state index in [-0.39, 0.29) is 24.3 Å². The molecule has 0 saturated carbocycles. The number of amides is 2. The molecule has 1 unspecified atom stereocenters. The Balaban J connectivity index is 1.78. The first-order valence-corrected chi connectivity index (χ1v) is 7.23. The SMILES string of the molecule is O=C1COc2cc(NC(=O)C3CC=CCC3)c(Cl)cc2N1. The second-order valence-corrected chi connectivity index (χ2v) is 5.54. The summed E-state index contributed by atoms with van der Waals surface area (Å²) in [6.45, 7) is -0.0323. The first kappa shape index (κ1) is 13.9. The molecule has 2 aliphatic rings. The van der Waals surface area contributed by atoms with Gasteiger partial charge in [-0.05, 0) is 25.3 Å². The summed E-state index contributed by atoms with van der Waals surface area (Å²) in [6.07, 6.45) is 6.64. The van der Waals surface area contributed by atoms with E-state index >= 15 is 0 Å². The Hall–Kier alpha value is -2.01. The van der Waals surface area contributed by atoms with Crippen LogP contribution in [0.5, 0.6) is 5.75 Å². The molecular formula is C15H15ClN2O3. The highest BCUT2D eigenvalue weighted by atomic mass is 35.5. The van der Waals surface area contributed by atoms with Crippen LogP contribution in [0.4, 0.5) is 11.4 Å². The summed E-state index contributed by atoms with van der Waals surface area (Å²) in [4.78, 5) is 23.5. The van der Waals surface area contributed by atoms with Gasteiger partial charge in [0, 0.05) is 12.0 Å². The Labute approximate surface area is 127 Å². The van der Waals surface area contributed by atoms with Gasteiger partial charge in [-0.1, -0.05) is 23.8 Å². The molecule has 0 radical (unpaired) electrons. The number of anilines is 2. The normalized spacial score (nSPS) is 20.2. The number of fused-ring (bicyclic) bond motifs is 1. The van der Waals surface area contributed by atoms with Gasteiger partial charge in [0.25, 0.3) is 5.91 Å². The average Bonchev–Trinajstić information content (AvgIpc) is 2.49. The average molecular weight is 307 g/mol. The summed E-state index contributed by atoms with van der Waals surface area (Å²) in [6, 6.07) is 3.23. The topological polar surface area (TPSA) is 67.4 Å². The van der Waals surface area contributed by atoms with Crippen molar-refractivity contribution in [3.05, 3.63) is 29.3 Å². The highest BCUT2D eigenvalue weighted by Crippen LogP contribution is 2.36. The van der Waals surface area contributed by atoms with Gasteiger partial charge in [-0.15, -0.1) is 0 Å². The third-order valence-electron chi connectivity index (χ3n) is 3.60. The van der Waals surface area contributed by atoms with Gasteiger partial charge in [0.05, 0.1) is 16.4 Å². The molecule has 5 nitrogen and oxygen atoms in total. The van der Waals surface area contributed by atoms with Crippen LogP contribution in [0.1, 0.15) is 19.3 Å². The van der Waals surface area contributed by atoms with Crippen molar-refractivity contribution in [3.8, 4) is 5.75 Å². The van der Waals surface area contributed by atoms with Gasteiger partial charge in [0.2, 0.25) is 5.91 Å². The van der Waals surface area contributed by atoms with E-state index in [1.54, 1.807) is 12.1 Å². The summed E-state index contributed by atoms with van der Waals surface area (Å²) in [5.41, 5.74) is 1.03. The number of halogens is 1. The first-order chi connectivity index (χ1) is 10.1. The second kappa shape index (κ2) is 5.77. The molecule has 110 valence electrons. The maximum absolute atomic E-state index is 12.2. The van der Waals surface area contributed by atoms with Crippen molar-refractivity contribution >= 4 is 34.8 Å². The Kier molecular flexibility index (Phi) is 3.84. The van der Waals surface area contributed by atoms with Crippen molar-refractivity contribution in [2.45, 2.75) is 19.3 Å². The van der Waals surface area contributed by atoms with Gasteiger partial charge >= 0.3 is 0 Å². The Bertz CT molecular complexity index is 628. The minimum atomic E-state index is -0.218. The minimum Gasteiger partial charge on any atom is -0.482 e. The maximum atomic E-state index is 12.2. The van der Waals surface area contributed by atoms with Gasteiger partial charge in [-0.2, -0.15) is 0 Å². The van der Waals surface area contributed by atoms with Gasteiger partial charge < -0.3 is 15.4 Å². The van der Waals surface area contributed by atoms with Crippen LogP contribution in [-0.2, 0) is 9.59 Å². The molecule has 1 aliphatic heterocycles. The third-order valence-corrected chi connectivity index (χ3v) is 3.91. The number of allylic oxidation sites excluding steroid dienone is 2. The fraction of sp³-hybridized carbons (Fsp3) is 0.333. The van der Waals surface area contributed by atoms with Crippen LogP contribution in [0.25, 0.3) is 0 Å². The zero-order chi connectivity index (χ0) is 14.8. The molecular weight excluding hydrogens is 292 g/mol. The highest BCUT2D eigenvalue weighted by molar-refractivity contribution is 6.34. The summed E-state index contributed by atoms with van der Waals surface area (Å²) in [5, 5.41) is 5.89. The van der Waals surface area contributed by atoms with E-state index in [1.807, 2.05) is 6.08 Å². The smallest absolute Gasteiger partial charge is 0.262 e. The van der Waals surface area contributed by atoms with Crippen LogP contribution in [0.3, 0.4) is 0 Å². The molecule has 0 aromatic heterocycles. The van der Waals surface area contributed by atoms with E-state index in [1.165, 1.54) is 0 Å². The van der Waals surface area contributed by atoms with Gasteiger partial charge in [-0.3, -0.25) is 9.59 Å². The Morgan fingerprint density at radius 3 is 3.00 bits per heavy atom. The number of hydrogen-bond acceptors (Lipinski definition) is 3. The zero-order valence-electron chi connectivity index (χ0n) is 11.3.